The molecule has 3 rings (SSSR count). The summed E-state index contributed by atoms with van der Waals surface area (Å²) >= 11 is 1.57. The Labute approximate surface area is 129 Å². The Morgan fingerprint density at radius 1 is 1.48 bits per heavy atom. The van der Waals surface area contributed by atoms with Crippen molar-refractivity contribution in [2.24, 2.45) is 5.92 Å². The smallest absolute Gasteiger partial charge is 0.261 e. The third-order valence-electron chi connectivity index (χ3n) is 4.47. The van der Waals surface area contributed by atoms with Crippen LogP contribution in [0, 0.1) is 5.92 Å². The van der Waals surface area contributed by atoms with E-state index in [0.29, 0.717) is 12.3 Å². The van der Waals surface area contributed by atoms with Crippen molar-refractivity contribution in [1.29, 1.82) is 0 Å². The molecular formula is C15H21NO3S2. The molecule has 4 nitrogen and oxygen atoms in total. The first kappa shape index (κ1) is 15.0. The van der Waals surface area contributed by atoms with Gasteiger partial charge in [-0.3, -0.25) is 4.79 Å². The number of sulfone groups is 1. The molecule has 116 valence electrons. The van der Waals surface area contributed by atoms with Crippen LogP contribution in [0.25, 0.3) is 0 Å². The van der Waals surface area contributed by atoms with Gasteiger partial charge in [-0.15, -0.1) is 11.3 Å². The van der Waals surface area contributed by atoms with Gasteiger partial charge >= 0.3 is 0 Å². The SMILES string of the molecule is CC1CCc2sc(C(=O)NC3(C)CCS(=O)(=O)C3)cc2C1. The van der Waals surface area contributed by atoms with Gasteiger partial charge in [0.15, 0.2) is 9.84 Å². The molecule has 1 aromatic heterocycles. The van der Waals surface area contributed by atoms with Crippen molar-refractivity contribution >= 4 is 27.1 Å². The molecule has 2 heterocycles. The second-order valence-electron chi connectivity index (χ2n) is 6.76. The summed E-state index contributed by atoms with van der Waals surface area (Å²) in [7, 11) is -3.00. The maximum atomic E-state index is 12.4. The number of fused-ring (bicyclic) bond motifs is 1. The maximum Gasteiger partial charge on any atom is 0.261 e. The number of thiophene rings is 1. The molecular weight excluding hydrogens is 306 g/mol. The lowest BCUT2D eigenvalue weighted by molar-refractivity contribution is 0.0919. The number of carbonyl (C=O) groups is 1. The number of amides is 1. The van der Waals surface area contributed by atoms with E-state index < -0.39 is 15.4 Å². The van der Waals surface area contributed by atoms with Crippen LogP contribution >= 0.6 is 11.3 Å². The summed E-state index contributed by atoms with van der Waals surface area (Å²) in [6, 6.07) is 2.00. The maximum absolute atomic E-state index is 12.4. The fourth-order valence-corrected chi connectivity index (χ4v) is 6.46. The van der Waals surface area contributed by atoms with Crippen molar-refractivity contribution in [3.63, 3.8) is 0 Å². The molecule has 0 bridgehead atoms. The van der Waals surface area contributed by atoms with Crippen molar-refractivity contribution in [2.75, 3.05) is 11.5 Å². The van der Waals surface area contributed by atoms with E-state index >= 15 is 0 Å². The highest BCUT2D eigenvalue weighted by Gasteiger charge is 2.39. The van der Waals surface area contributed by atoms with Gasteiger partial charge in [0, 0.05) is 4.88 Å². The summed E-state index contributed by atoms with van der Waals surface area (Å²) in [4.78, 5) is 14.5. The number of nitrogens with one attached hydrogen (secondary N) is 1. The van der Waals surface area contributed by atoms with Crippen molar-refractivity contribution in [3.8, 4) is 0 Å². The second-order valence-corrected chi connectivity index (χ2v) is 10.1. The van der Waals surface area contributed by atoms with Gasteiger partial charge in [-0.25, -0.2) is 8.42 Å². The first-order valence-corrected chi connectivity index (χ1v) is 10.0. The lowest BCUT2D eigenvalue weighted by Crippen LogP contribution is -2.46. The topological polar surface area (TPSA) is 63.2 Å². The summed E-state index contributed by atoms with van der Waals surface area (Å²) in [5, 5.41) is 2.94. The molecule has 0 spiro atoms. The molecule has 1 N–H and O–H groups in total. The van der Waals surface area contributed by atoms with Crippen molar-refractivity contribution in [3.05, 3.63) is 21.4 Å². The third-order valence-corrected chi connectivity index (χ3v) is 7.61. The summed E-state index contributed by atoms with van der Waals surface area (Å²) in [6.07, 6.45) is 3.79. The summed E-state index contributed by atoms with van der Waals surface area (Å²) < 4.78 is 23.2. The molecule has 0 radical (unpaired) electrons. The first-order chi connectivity index (χ1) is 9.76. The fourth-order valence-electron chi connectivity index (χ4n) is 3.26. The average molecular weight is 327 g/mol. The normalized spacial score (nSPS) is 30.9. The third kappa shape index (κ3) is 3.16. The average Bonchev–Trinajstić information content (AvgIpc) is 2.90. The number of aryl methyl sites for hydroxylation is 1. The highest BCUT2D eigenvalue weighted by molar-refractivity contribution is 7.91. The summed E-state index contributed by atoms with van der Waals surface area (Å²) in [5.74, 6) is 0.776. The highest BCUT2D eigenvalue weighted by Crippen LogP contribution is 2.32. The minimum atomic E-state index is -3.00. The fraction of sp³-hybridized carbons (Fsp3) is 0.667. The zero-order chi connectivity index (χ0) is 15.3. The molecule has 0 saturated carbocycles. The van der Waals surface area contributed by atoms with E-state index in [0.717, 1.165) is 17.7 Å². The van der Waals surface area contributed by atoms with Crippen molar-refractivity contribution in [1.82, 2.24) is 5.32 Å². The van der Waals surface area contributed by atoms with Gasteiger partial charge in [0.1, 0.15) is 0 Å². The Hall–Kier alpha value is -0.880. The van der Waals surface area contributed by atoms with Gasteiger partial charge in [0.25, 0.3) is 5.91 Å². The molecule has 1 aromatic rings. The zero-order valence-corrected chi connectivity index (χ0v) is 14.1. The van der Waals surface area contributed by atoms with E-state index in [9.17, 15) is 13.2 Å². The van der Waals surface area contributed by atoms with E-state index in [1.54, 1.807) is 11.3 Å². The molecule has 1 amide bonds. The number of hydrogen-bond acceptors (Lipinski definition) is 4. The second kappa shape index (κ2) is 5.09. The predicted molar refractivity (Wildman–Crippen MR) is 84.7 cm³/mol. The summed E-state index contributed by atoms with van der Waals surface area (Å²) in [5.41, 5.74) is 0.682. The molecule has 1 fully saturated rings. The van der Waals surface area contributed by atoms with Crippen LogP contribution in [0.4, 0.5) is 0 Å². The molecule has 1 aliphatic heterocycles. The monoisotopic (exact) mass is 327 g/mol. The quantitative estimate of drug-likeness (QED) is 0.905. The first-order valence-electron chi connectivity index (χ1n) is 7.41. The van der Waals surface area contributed by atoms with Gasteiger partial charge in [-0.05, 0) is 50.2 Å². The van der Waals surface area contributed by atoms with Gasteiger partial charge in [-0.2, -0.15) is 0 Å². The number of rotatable bonds is 2. The molecule has 21 heavy (non-hydrogen) atoms. The zero-order valence-electron chi connectivity index (χ0n) is 12.4. The van der Waals surface area contributed by atoms with E-state index in [1.807, 2.05) is 13.0 Å². The Morgan fingerprint density at radius 2 is 2.24 bits per heavy atom. The van der Waals surface area contributed by atoms with Crippen molar-refractivity contribution in [2.45, 2.75) is 45.1 Å². The van der Waals surface area contributed by atoms with Crippen LogP contribution < -0.4 is 5.32 Å². The number of carbonyl (C=O) groups excluding carboxylic acids is 1. The lowest BCUT2D eigenvalue weighted by Gasteiger charge is -2.23. The standard InChI is InChI=1S/C15H21NO3S2/c1-10-3-4-12-11(7-10)8-13(20-12)14(17)16-15(2)5-6-21(18,19)9-15/h8,10H,3-7,9H2,1-2H3,(H,16,17). The molecule has 2 unspecified atom stereocenters. The molecule has 1 saturated heterocycles. The van der Waals surface area contributed by atoms with Crippen LogP contribution in [0.3, 0.4) is 0 Å². The van der Waals surface area contributed by atoms with E-state index in [2.05, 4.69) is 12.2 Å². The minimum Gasteiger partial charge on any atom is -0.345 e. The Kier molecular flexibility index (Phi) is 3.64. The molecule has 1 aliphatic carbocycles. The predicted octanol–water partition coefficient (Wildman–Crippen LogP) is 2.18. The molecule has 2 aliphatic rings. The summed E-state index contributed by atoms with van der Waals surface area (Å²) in [6.45, 7) is 4.07. The largest absolute Gasteiger partial charge is 0.345 e. The van der Waals surface area contributed by atoms with Crippen LogP contribution in [0.15, 0.2) is 6.07 Å². The van der Waals surface area contributed by atoms with Gasteiger partial charge in [-0.1, -0.05) is 6.92 Å². The Balaban J connectivity index is 1.75. The van der Waals surface area contributed by atoms with Gasteiger partial charge < -0.3 is 5.32 Å². The molecule has 6 heteroatoms. The lowest BCUT2D eigenvalue weighted by atomic mass is 9.90. The molecule has 2 atom stereocenters. The van der Waals surface area contributed by atoms with Crippen LogP contribution in [-0.4, -0.2) is 31.4 Å². The molecule has 0 aromatic carbocycles. The van der Waals surface area contributed by atoms with Crippen LogP contribution in [0.5, 0.6) is 0 Å². The van der Waals surface area contributed by atoms with E-state index in [1.165, 1.54) is 16.9 Å². The highest BCUT2D eigenvalue weighted by atomic mass is 32.2. The van der Waals surface area contributed by atoms with Gasteiger partial charge in [0.2, 0.25) is 0 Å². The number of hydrogen-bond donors (Lipinski definition) is 1. The Morgan fingerprint density at radius 3 is 2.90 bits per heavy atom. The van der Waals surface area contributed by atoms with Crippen LogP contribution in [-0.2, 0) is 22.7 Å². The van der Waals surface area contributed by atoms with E-state index in [-0.39, 0.29) is 17.4 Å². The van der Waals surface area contributed by atoms with Crippen molar-refractivity contribution < 1.29 is 13.2 Å². The van der Waals surface area contributed by atoms with E-state index in [4.69, 9.17) is 0 Å². The van der Waals surface area contributed by atoms with Crippen LogP contribution in [0.1, 0.15) is 46.8 Å². The van der Waals surface area contributed by atoms with Crippen LogP contribution in [0.2, 0.25) is 0 Å². The Bertz CT molecular complexity index is 677. The minimum absolute atomic E-state index is 0.0495. The van der Waals surface area contributed by atoms with Gasteiger partial charge in [0.05, 0.1) is 21.9 Å².